The molecule has 2 unspecified atom stereocenters. The molecule has 0 amide bonds. The van der Waals surface area contributed by atoms with Gasteiger partial charge in [-0.3, -0.25) is 9.97 Å². The minimum absolute atomic E-state index is 0.549. The molecular weight excluding hydrogens is 268 g/mol. The Morgan fingerprint density at radius 3 is 1.55 bits per heavy atom. The topological polar surface area (TPSA) is 25.8 Å². The van der Waals surface area contributed by atoms with Crippen molar-refractivity contribution in [2.45, 2.75) is 52.4 Å². The van der Waals surface area contributed by atoms with Crippen LogP contribution in [0, 0.1) is 0 Å². The fraction of sp³-hybridized carbons (Fsp3) is 0.400. The third-order valence-electron chi connectivity index (χ3n) is 4.91. The zero-order chi connectivity index (χ0) is 15.7. The van der Waals surface area contributed by atoms with E-state index in [1.807, 2.05) is 12.4 Å². The second-order valence-corrected chi connectivity index (χ2v) is 6.36. The standard InChI is InChI=1S/C20H24N2/c1-5-13(3)17-9-15-7-8-16-10-18(14(4)6-2)12-22-20(16)19(15)21-11-17/h7-14H,5-6H2,1-4H3. The first-order chi connectivity index (χ1) is 10.6. The van der Waals surface area contributed by atoms with E-state index in [1.54, 1.807) is 0 Å². The highest BCUT2D eigenvalue weighted by molar-refractivity contribution is 6.02. The first-order valence-electron chi connectivity index (χ1n) is 8.32. The number of hydrogen-bond acceptors (Lipinski definition) is 2. The van der Waals surface area contributed by atoms with E-state index in [4.69, 9.17) is 9.97 Å². The summed E-state index contributed by atoms with van der Waals surface area (Å²) >= 11 is 0. The van der Waals surface area contributed by atoms with Crippen LogP contribution < -0.4 is 0 Å². The summed E-state index contributed by atoms with van der Waals surface area (Å²) in [7, 11) is 0. The third kappa shape index (κ3) is 2.58. The molecule has 1 aromatic carbocycles. The molecule has 0 spiro atoms. The molecular formula is C20H24N2. The van der Waals surface area contributed by atoms with Gasteiger partial charge in [0.25, 0.3) is 0 Å². The molecule has 0 fully saturated rings. The quantitative estimate of drug-likeness (QED) is 0.567. The number of pyridine rings is 2. The van der Waals surface area contributed by atoms with Gasteiger partial charge in [-0.15, -0.1) is 0 Å². The smallest absolute Gasteiger partial charge is 0.0964 e. The van der Waals surface area contributed by atoms with Gasteiger partial charge in [-0.25, -0.2) is 0 Å². The van der Waals surface area contributed by atoms with E-state index < -0.39 is 0 Å². The molecule has 0 aliphatic heterocycles. The molecule has 0 bridgehead atoms. The Bertz CT molecular complexity index is 739. The van der Waals surface area contributed by atoms with E-state index in [0.717, 1.165) is 23.9 Å². The van der Waals surface area contributed by atoms with Crippen molar-refractivity contribution in [2.75, 3.05) is 0 Å². The van der Waals surface area contributed by atoms with Gasteiger partial charge < -0.3 is 0 Å². The minimum Gasteiger partial charge on any atom is -0.254 e. The average molecular weight is 292 g/mol. The van der Waals surface area contributed by atoms with Crippen LogP contribution in [0.3, 0.4) is 0 Å². The lowest BCUT2D eigenvalue weighted by Crippen LogP contribution is -1.96. The summed E-state index contributed by atoms with van der Waals surface area (Å²) in [6.45, 7) is 8.93. The van der Waals surface area contributed by atoms with Gasteiger partial charge in [0.15, 0.2) is 0 Å². The highest BCUT2D eigenvalue weighted by Crippen LogP contribution is 2.28. The minimum atomic E-state index is 0.549. The fourth-order valence-electron chi connectivity index (χ4n) is 2.84. The second-order valence-electron chi connectivity index (χ2n) is 6.36. The molecule has 2 nitrogen and oxygen atoms in total. The van der Waals surface area contributed by atoms with Gasteiger partial charge in [0, 0.05) is 23.2 Å². The number of rotatable bonds is 4. The Balaban J connectivity index is 2.15. The van der Waals surface area contributed by atoms with Crippen LogP contribution in [0.1, 0.15) is 63.5 Å². The van der Waals surface area contributed by atoms with Crippen molar-refractivity contribution in [3.05, 3.63) is 47.8 Å². The van der Waals surface area contributed by atoms with Gasteiger partial charge in [-0.05, 0) is 47.9 Å². The second kappa shape index (κ2) is 6.04. The molecule has 0 saturated carbocycles. The number of aromatic nitrogens is 2. The molecule has 114 valence electrons. The van der Waals surface area contributed by atoms with E-state index in [0.29, 0.717) is 11.8 Å². The molecule has 3 rings (SSSR count). The van der Waals surface area contributed by atoms with Crippen LogP contribution in [0.25, 0.3) is 21.8 Å². The monoisotopic (exact) mass is 292 g/mol. The molecule has 0 N–H and O–H groups in total. The maximum absolute atomic E-state index is 4.71. The first kappa shape index (κ1) is 15.0. The van der Waals surface area contributed by atoms with Crippen LogP contribution >= 0.6 is 0 Å². The maximum atomic E-state index is 4.71. The van der Waals surface area contributed by atoms with Crippen molar-refractivity contribution in [3.8, 4) is 0 Å². The van der Waals surface area contributed by atoms with E-state index >= 15 is 0 Å². The number of nitrogens with zero attached hydrogens (tertiary/aromatic N) is 2. The molecule has 2 heteroatoms. The number of hydrogen-bond donors (Lipinski definition) is 0. The summed E-state index contributed by atoms with van der Waals surface area (Å²) in [5, 5.41) is 2.38. The van der Waals surface area contributed by atoms with Gasteiger partial charge in [0.2, 0.25) is 0 Å². The van der Waals surface area contributed by atoms with Crippen LogP contribution in [-0.4, -0.2) is 9.97 Å². The Morgan fingerprint density at radius 1 is 0.773 bits per heavy atom. The van der Waals surface area contributed by atoms with E-state index in [2.05, 4.69) is 52.0 Å². The molecule has 2 atom stereocenters. The van der Waals surface area contributed by atoms with E-state index in [-0.39, 0.29) is 0 Å². The zero-order valence-corrected chi connectivity index (χ0v) is 13.9. The van der Waals surface area contributed by atoms with Crippen LogP contribution in [0.15, 0.2) is 36.7 Å². The Kier molecular flexibility index (Phi) is 4.10. The molecule has 2 heterocycles. The summed E-state index contributed by atoms with van der Waals surface area (Å²) < 4.78 is 0. The summed E-state index contributed by atoms with van der Waals surface area (Å²) in [5.74, 6) is 1.10. The van der Waals surface area contributed by atoms with Crippen molar-refractivity contribution in [1.29, 1.82) is 0 Å². The van der Waals surface area contributed by atoms with Gasteiger partial charge in [0.1, 0.15) is 0 Å². The number of fused-ring (bicyclic) bond motifs is 3. The van der Waals surface area contributed by atoms with Gasteiger partial charge in [0.05, 0.1) is 11.0 Å². The third-order valence-corrected chi connectivity index (χ3v) is 4.91. The Labute approximate surface area is 132 Å². The maximum Gasteiger partial charge on any atom is 0.0964 e. The lowest BCUT2D eigenvalue weighted by atomic mass is 9.97. The number of benzene rings is 1. The summed E-state index contributed by atoms with van der Waals surface area (Å²) in [5.41, 5.74) is 4.65. The fourth-order valence-corrected chi connectivity index (χ4v) is 2.84. The largest absolute Gasteiger partial charge is 0.254 e. The molecule has 2 aromatic heterocycles. The van der Waals surface area contributed by atoms with Crippen LogP contribution in [0.2, 0.25) is 0 Å². The van der Waals surface area contributed by atoms with E-state index in [1.165, 1.54) is 21.9 Å². The molecule has 0 aliphatic rings. The summed E-state index contributed by atoms with van der Waals surface area (Å²) in [4.78, 5) is 9.42. The zero-order valence-electron chi connectivity index (χ0n) is 13.9. The van der Waals surface area contributed by atoms with Crippen LogP contribution in [0.4, 0.5) is 0 Å². The van der Waals surface area contributed by atoms with Gasteiger partial charge >= 0.3 is 0 Å². The highest BCUT2D eigenvalue weighted by atomic mass is 14.7. The van der Waals surface area contributed by atoms with Crippen molar-refractivity contribution < 1.29 is 0 Å². The molecule has 0 saturated heterocycles. The van der Waals surface area contributed by atoms with Gasteiger partial charge in [-0.2, -0.15) is 0 Å². The predicted molar refractivity (Wildman–Crippen MR) is 94.5 cm³/mol. The average Bonchev–Trinajstić information content (AvgIpc) is 2.59. The van der Waals surface area contributed by atoms with Crippen molar-refractivity contribution >= 4 is 21.8 Å². The van der Waals surface area contributed by atoms with Gasteiger partial charge in [-0.1, -0.05) is 39.8 Å². The predicted octanol–water partition coefficient (Wildman–Crippen LogP) is 5.81. The SMILES string of the molecule is CCC(C)c1cnc2c(ccc3cc(C(C)CC)cnc32)c1. The summed E-state index contributed by atoms with van der Waals surface area (Å²) in [6.07, 6.45) is 6.30. The Hall–Kier alpha value is -1.96. The Morgan fingerprint density at radius 2 is 1.18 bits per heavy atom. The van der Waals surface area contributed by atoms with Crippen molar-refractivity contribution in [1.82, 2.24) is 9.97 Å². The van der Waals surface area contributed by atoms with Crippen molar-refractivity contribution in [3.63, 3.8) is 0 Å². The van der Waals surface area contributed by atoms with Crippen molar-refractivity contribution in [2.24, 2.45) is 0 Å². The van der Waals surface area contributed by atoms with E-state index in [9.17, 15) is 0 Å². The molecule has 22 heavy (non-hydrogen) atoms. The summed E-state index contributed by atoms with van der Waals surface area (Å²) in [6, 6.07) is 8.89. The molecule has 0 radical (unpaired) electrons. The lowest BCUT2D eigenvalue weighted by molar-refractivity contribution is 0.731. The molecule has 0 aliphatic carbocycles. The van der Waals surface area contributed by atoms with Crippen LogP contribution in [0.5, 0.6) is 0 Å². The normalized spacial score (nSPS) is 14.4. The molecule has 3 aromatic rings. The van der Waals surface area contributed by atoms with Crippen LogP contribution in [-0.2, 0) is 0 Å². The first-order valence-corrected chi connectivity index (χ1v) is 8.32. The lowest BCUT2D eigenvalue weighted by Gasteiger charge is -2.12. The highest BCUT2D eigenvalue weighted by Gasteiger charge is 2.10.